The lowest BCUT2D eigenvalue weighted by molar-refractivity contribution is 0.0320. The van der Waals surface area contributed by atoms with Crippen molar-refractivity contribution < 1.29 is 24.2 Å². The molecule has 1 N–H and O–H groups in total. The minimum atomic E-state index is -0.179. The molecule has 0 aromatic heterocycles. The van der Waals surface area contributed by atoms with Crippen LogP contribution in [0.2, 0.25) is 0 Å². The number of aliphatic hydroxyl groups is 1. The average molecular weight is 335 g/mol. The van der Waals surface area contributed by atoms with Gasteiger partial charge in [-0.05, 0) is 25.0 Å². The van der Waals surface area contributed by atoms with Gasteiger partial charge in [-0.2, -0.15) is 0 Å². The second-order valence-electron chi connectivity index (χ2n) is 5.67. The van der Waals surface area contributed by atoms with Gasteiger partial charge in [0.05, 0.1) is 37.6 Å². The monoisotopic (exact) mass is 335 g/mol. The van der Waals surface area contributed by atoms with E-state index in [4.69, 9.17) is 14.6 Å². The van der Waals surface area contributed by atoms with Crippen LogP contribution < -0.4 is 0 Å². The van der Waals surface area contributed by atoms with Gasteiger partial charge < -0.3 is 14.6 Å². The number of imide groups is 1. The van der Waals surface area contributed by atoms with Crippen LogP contribution in [0.3, 0.4) is 0 Å². The molecule has 0 aliphatic carbocycles. The van der Waals surface area contributed by atoms with Crippen molar-refractivity contribution in [3.8, 4) is 0 Å². The number of unbranched alkanes of at least 4 members (excludes halogenated alkanes) is 3. The zero-order valence-corrected chi connectivity index (χ0v) is 13.9. The van der Waals surface area contributed by atoms with Gasteiger partial charge in [-0.1, -0.05) is 25.0 Å². The van der Waals surface area contributed by atoms with Gasteiger partial charge in [-0.3, -0.25) is 14.5 Å². The van der Waals surface area contributed by atoms with Crippen LogP contribution in [-0.2, 0) is 9.47 Å². The molecule has 0 spiro atoms. The molecule has 6 heteroatoms. The molecule has 0 saturated carbocycles. The third-order valence-corrected chi connectivity index (χ3v) is 3.91. The molecule has 1 heterocycles. The fraction of sp³-hybridized carbons (Fsp3) is 0.556. The molecule has 1 aromatic carbocycles. The summed E-state index contributed by atoms with van der Waals surface area (Å²) in [6.45, 7) is 2.57. The smallest absolute Gasteiger partial charge is 0.261 e. The van der Waals surface area contributed by atoms with E-state index in [0.717, 1.165) is 25.7 Å². The molecule has 2 amide bonds. The summed E-state index contributed by atoms with van der Waals surface area (Å²) < 4.78 is 10.5. The lowest BCUT2D eigenvalue weighted by Gasteiger charge is -2.13. The lowest BCUT2D eigenvalue weighted by atomic mass is 10.1. The number of hydrogen-bond donors (Lipinski definition) is 1. The molecule has 132 valence electrons. The first-order valence-electron chi connectivity index (χ1n) is 8.47. The van der Waals surface area contributed by atoms with Crippen molar-refractivity contribution in [2.75, 3.05) is 39.6 Å². The number of rotatable bonds is 12. The van der Waals surface area contributed by atoms with Gasteiger partial charge >= 0.3 is 0 Å². The fourth-order valence-electron chi connectivity index (χ4n) is 2.66. The third-order valence-electron chi connectivity index (χ3n) is 3.91. The number of nitrogens with zero attached hydrogens (tertiary/aromatic N) is 1. The minimum absolute atomic E-state index is 0.0348. The number of ether oxygens (including phenoxy) is 2. The maximum atomic E-state index is 12.2. The van der Waals surface area contributed by atoms with Crippen molar-refractivity contribution >= 4 is 11.8 Å². The summed E-state index contributed by atoms with van der Waals surface area (Å²) in [7, 11) is 0. The van der Waals surface area contributed by atoms with Crippen molar-refractivity contribution in [1.29, 1.82) is 0 Å². The largest absolute Gasteiger partial charge is 0.394 e. The maximum Gasteiger partial charge on any atom is 0.261 e. The van der Waals surface area contributed by atoms with Gasteiger partial charge in [-0.15, -0.1) is 0 Å². The van der Waals surface area contributed by atoms with E-state index in [-0.39, 0.29) is 18.4 Å². The molecule has 0 atom stereocenters. The SMILES string of the molecule is O=C1c2ccccc2C(=O)N1CCCCCCOCCOCCO. The highest BCUT2D eigenvalue weighted by Crippen LogP contribution is 2.22. The summed E-state index contributed by atoms with van der Waals surface area (Å²) in [4.78, 5) is 25.7. The van der Waals surface area contributed by atoms with E-state index in [1.165, 1.54) is 4.90 Å². The van der Waals surface area contributed by atoms with Crippen molar-refractivity contribution in [3.63, 3.8) is 0 Å². The summed E-state index contributed by atoms with van der Waals surface area (Å²) in [5, 5.41) is 8.54. The van der Waals surface area contributed by atoms with Gasteiger partial charge in [-0.25, -0.2) is 0 Å². The fourth-order valence-corrected chi connectivity index (χ4v) is 2.66. The zero-order valence-electron chi connectivity index (χ0n) is 13.9. The molecular weight excluding hydrogens is 310 g/mol. The van der Waals surface area contributed by atoms with E-state index >= 15 is 0 Å². The number of amides is 2. The van der Waals surface area contributed by atoms with E-state index in [2.05, 4.69) is 0 Å². The topological polar surface area (TPSA) is 76.1 Å². The third kappa shape index (κ3) is 5.12. The van der Waals surface area contributed by atoms with Crippen LogP contribution >= 0.6 is 0 Å². The quantitative estimate of drug-likeness (QED) is 0.466. The maximum absolute atomic E-state index is 12.2. The van der Waals surface area contributed by atoms with Crippen molar-refractivity contribution in [3.05, 3.63) is 35.4 Å². The van der Waals surface area contributed by atoms with Crippen molar-refractivity contribution in [2.24, 2.45) is 0 Å². The van der Waals surface area contributed by atoms with Crippen LogP contribution in [0.1, 0.15) is 46.4 Å². The summed E-state index contributed by atoms with van der Waals surface area (Å²) in [6, 6.07) is 6.97. The Labute approximate surface area is 142 Å². The number of hydrogen-bond acceptors (Lipinski definition) is 5. The molecule has 0 fully saturated rings. The Balaban J connectivity index is 1.53. The molecule has 0 bridgehead atoms. The highest BCUT2D eigenvalue weighted by molar-refractivity contribution is 6.21. The number of benzene rings is 1. The Morgan fingerprint density at radius 1 is 0.792 bits per heavy atom. The molecule has 6 nitrogen and oxygen atoms in total. The first-order chi connectivity index (χ1) is 11.8. The van der Waals surface area contributed by atoms with E-state index in [1.807, 2.05) is 0 Å². The van der Waals surface area contributed by atoms with Crippen molar-refractivity contribution in [2.45, 2.75) is 25.7 Å². The molecule has 24 heavy (non-hydrogen) atoms. The Hall–Kier alpha value is -1.76. The second-order valence-corrected chi connectivity index (χ2v) is 5.67. The van der Waals surface area contributed by atoms with Crippen LogP contribution in [0.15, 0.2) is 24.3 Å². The van der Waals surface area contributed by atoms with Gasteiger partial charge in [0.15, 0.2) is 0 Å². The molecule has 0 radical (unpaired) electrons. The van der Waals surface area contributed by atoms with E-state index < -0.39 is 0 Å². The van der Waals surface area contributed by atoms with E-state index in [0.29, 0.717) is 44.1 Å². The average Bonchev–Trinajstić information content (AvgIpc) is 2.84. The van der Waals surface area contributed by atoms with Gasteiger partial charge in [0.2, 0.25) is 0 Å². The van der Waals surface area contributed by atoms with Crippen molar-refractivity contribution in [1.82, 2.24) is 4.90 Å². The Kier molecular flexibility index (Phi) is 7.88. The molecule has 0 saturated heterocycles. The summed E-state index contributed by atoms with van der Waals surface area (Å²) in [5.74, 6) is -0.358. The summed E-state index contributed by atoms with van der Waals surface area (Å²) in [5.41, 5.74) is 1.03. The Morgan fingerprint density at radius 3 is 2.00 bits per heavy atom. The number of carbonyl (C=O) groups excluding carboxylic acids is 2. The van der Waals surface area contributed by atoms with Crippen LogP contribution in [0.25, 0.3) is 0 Å². The van der Waals surface area contributed by atoms with E-state index in [1.54, 1.807) is 24.3 Å². The highest BCUT2D eigenvalue weighted by atomic mass is 16.5. The molecule has 1 aliphatic rings. The molecular formula is C18H25NO5. The summed E-state index contributed by atoms with van der Waals surface area (Å²) in [6.07, 6.45) is 3.71. The predicted octanol–water partition coefficient (Wildman–Crippen LogP) is 1.87. The first kappa shape index (κ1) is 18.6. The molecule has 0 unspecified atom stereocenters. The Bertz CT molecular complexity index is 511. The van der Waals surface area contributed by atoms with E-state index in [9.17, 15) is 9.59 Å². The number of carbonyl (C=O) groups is 2. The molecule has 1 aromatic rings. The first-order valence-corrected chi connectivity index (χ1v) is 8.47. The van der Waals surface area contributed by atoms with Crippen LogP contribution in [-0.4, -0.2) is 61.4 Å². The van der Waals surface area contributed by atoms with Crippen LogP contribution in [0.4, 0.5) is 0 Å². The predicted molar refractivity (Wildman–Crippen MR) is 89.0 cm³/mol. The molecule has 2 rings (SSSR count). The van der Waals surface area contributed by atoms with Gasteiger partial charge in [0.1, 0.15) is 0 Å². The normalized spacial score (nSPS) is 13.6. The minimum Gasteiger partial charge on any atom is -0.394 e. The Morgan fingerprint density at radius 2 is 1.38 bits per heavy atom. The van der Waals surface area contributed by atoms with Gasteiger partial charge in [0, 0.05) is 13.2 Å². The lowest BCUT2D eigenvalue weighted by Crippen LogP contribution is -2.30. The molecule has 1 aliphatic heterocycles. The highest BCUT2D eigenvalue weighted by Gasteiger charge is 2.34. The zero-order chi connectivity index (χ0) is 17.2. The van der Waals surface area contributed by atoms with Crippen LogP contribution in [0.5, 0.6) is 0 Å². The number of aliphatic hydroxyl groups excluding tert-OH is 1. The summed E-state index contributed by atoms with van der Waals surface area (Å²) >= 11 is 0. The standard InChI is InChI=1S/C18H25NO5/c20-10-12-24-14-13-23-11-6-2-1-5-9-19-17(21)15-7-3-4-8-16(15)18(19)22/h3-4,7-8,20H,1-2,5-6,9-14H2. The second kappa shape index (κ2) is 10.2. The number of fused-ring (bicyclic) bond motifs is 1. The van der Waals surface area contributed by atoms with Crippen LogP contribution in [0, 0.1) is 0 Å². The van der Waals surface area contributed by atoms with Gasteiger partial charge in [0.25, 0.3) is 11.8 Å².